The number of halogens is 1. The minimum Gasteiger partial charge on any atom is -0.497 e. The van der Waals surface area contributed by atoms with E-state index in [2.05, 4.69) is 20.5 Å². The highest BCUT2D eigenvalue weighted by Crippen LogP contribution is 2.19. The largest absolute Gasteiger partial charge is 0.497 e. The number of nitrogens with zero attached hydrogens (tertiary/aromatic N) is 3. The molecule has 0 saturated carbocycles. The number of hydrogen-bond acceptors (Lipinski definition) is 6. The highest BCUT2D eigenvalue weighted by molar-refractivity contribution is 5.80. The van der Waals surface area contributed by atoms with Gasteiger partial charge >= 0.3 is 0 Å². The second-order valence-corrected chi connectivity index (χ2v) is 5.41. The van der Waals surface area contributed by atoms with Crippen LogP contribution in [0.25, 0.3) is 11.3 Å². The Labute approximate surface area is 153 Å². The summed E-state index contributed by atoms with van der Waals surface area (Å²) >= 11 is 0. The van der Waals surface area contributed by atoms with Crippen LogP contribution >= 0.6 is 0 Å². The molecule has 3 rings (SSSR count). The Morgan fingerprint density at radius 2 is 2.07 bits per heavy atom. The molecular weight excluding hydrogens is 349 g/mol. The van der Waals surface area contributed by atoms with E-state index < -0.39 is 11.4 Å². The van der Waals surface area contributed by atoms with Crippen LogP contribution in [0.1, 0.15) is 11.1 Å². The summed E-state index contributed by atoms with van der Waals surface area (Å²) in [5.74, 6) is -0.0581. The van der Waals surface area contributed by atoms with Crippen molar-refractivity contribution in [3.63, 3.8) is 0 Å². The van der Waals surface area contributed by atoms with Gasteiger partial charge < -0.3 is 4.74 Å². The summed E-state index contributed by atoms with van der Waals surface area (Å²) in [4.78, 5) is 18.9. The molecule has 1 heterocycles. The molecule has 1 aromatic heterocycles. The molecule has 0 spiro atoms. The smallest absolute Gasteiger partial charge is 0.270 e. The normalized spacial score (nSPS) is 10.6. The number of aromatic amines is 1. The first-order chi connectivity index (χ1) is 13.1. The van der Waals surface area contributed by atoms with E-state index in [0.717, 1.165) is 0 Å². The summed E-state index contributed by atoms with van der Waals surface area (Å²) in [5, 5.41) is 13.2. The molecule has 0 fully saturated rings. The number of hydrogen-bond donors (Lipinski definition) is 2. The van der Waals surface area contributed by atoms with Gasteiger partial charge in [0.2, 0.25) is 5.95 Å². The van der Waals surface area contributed by atoms with Crippen LogP contribution in [0.15, 0.2) is 58.4 Å². The van der Waals surface area contributed by atoms with Gasteiger partial charge in [-0.05, 0) is 12.1 Å². The topological polar surface area (TPSA) is 103 Å². The van der Waals surface area contributed by atoms with Crippen LogP contribution in [0.3, 0.4) is 0 Å². The summed E-state index contributed by atoms with van der Waals surface area (Å²) in [5.41, 5.74) is 3.23. The van der Waals surface area contributed by atoms with Crippen molar-refractivity contribution in [3.8, 4) is 23.1 Å². The predicted molar refractivity (Wildman–Crippen MR) is 99.2 cm³/mol. The molecule has 0 unspecified atom stereocenters. The molecular formula is C19H14FN5O2. The van der Waals surface area contributed by atoms with Gasteiger partial charge in [0, 0.05) is 17.2 Å². The number of nitrogens with one attached hydrogen (secondary N) is 2. The van der Waals surface area contributed by atoms with Gasteiger partial charge in [-0.1, -0.05) is 30.3 Å². The molecule has 2 aromatic carbocycles. The van der Waals surface area contributed by atoms with Gasteiger partial charge in [-0.25, -0.2) is 14.8 Å². The van der Waals surface area contributed by atoms with Gasteiger partial charge in [-0.15, -0.1) is 0 Å². The van der Waals surface area contributed by atoms with Crippen molar-refractivity contribution < 1.29 is 9.13 Å². The number of ether oxygens (including phenoxy) is 1. The van der Waals surface area contributed by atoms with Gasteiger partial charge in [-0.3, -0.25) is 9.78 Å². The summed E-state index contributed by atoms with van der Waals surface area (Å²) in [7, 11) is 1.43. The van der Waals surface area contributed by atoms with E-state index in [1.165, 1.54) is 25.5 Å². The molecule has 0 aliphatic heterocycles. The van der Waals surface area contributed by atoms with E-state index in [4.69, 9.17) is 4.74 Å². The Morgan fingerprint density at radius 3 is 2.78 bits per heavy atom. The monoisotopic (exact) mass is 363 g/mol. The van der Waals surface area contributed by atoms with Crippen LogP contribution in [-0.4, -0.2) is 23.3 Å². The van der Waals surface area contributed by atoms with Crippen molar-refractivity contribution in [2.24, 2.45) is 5.10 Å². The Balaban J connectivity index is 1.90. The third-order valence-corrected chi connectivity index (χ3v) is 3.59. The van der Waals surface area contributed by atoms with Crippen molar-refractivity contribution in [1.29, 1.82) is 5.26 Å². The van der Waals surface area contributed by atoms with Crippen LogP contribution in [-0.2, 0) is 0 Å². The molecule has 0 saturated heterocycles. The molecule has 8 heteroatoms. The van der Waals surface area contributed by atoms with Crippen molar-refractivity contribution in [3.05, 3.63) is 75.8 Å². The number of nitriles is 1. The number of hydrazone groups is 1. The number of aromatic nitrogens is 2. The molecule has 0 bridgehead atoms. The van der Waals surface area contributed by atoms with Crippen molar-refractivity contribution >= 4 is 12.2 Å². The molecule has 134 valence electrons. The zero-order valence-corrected chi connectivity index (χ0v) is 14.2. The maximum Gasteiger partial charge on any atom is 0.270 e. The Bertz CT molecular complexity index is 1090. The summed E-state index contributed by atoms with van der Waals surface area (Å²) < 4.78 is 18.5. The molecule has 7 nitrogen and oxygen atoms in total. The molecule has 0 atom stereocenters. The highest BCUT2D eigenvalue weighted by atomic mass is 19.1. The van der Waals surface area contributed by atoms with Crippen LogP contribution in [0.5, 0.6) is 5.75 Å². The predicted octanol–water partition coefficient (Wildman–Crippen LogP) is 2.90. The van der Waals surface area contributed by atoms with Crippen molar-refractivity contribution in [2.75, 3.05) is 12.5 Å². The van der Waals surface area contributed by atoms with E-state index in [-0.39, 0.29) is 17.2 Å². The van der Waals surface area contributed by atoms with Gasteiger partial charge in [0.1, 0.15) is 23.2 Å². The van der Waals surface area contributed by atoms with Crippen LogP contribution in [0, 0.1) is 17.1 Å². The number of benzene rings is 2. The lowest BCUT2D eigenvalue weighted by molar-refractivity contribution is 0.411. The van der Waals surface area contributed by atoms with Crippen LogP contribution in [0.4, 0.5) is 10.3 Å². The standard InChI is InChI=1S/C19H14FN5O2/c1-27-15-8-12(7-14(20)9-15)11-22-25-19-23-17(13-5-3-2-4-6-13)16(10-21)18(26)24-19/h2-9,11H,1H3,(H2,23,24,25,26). The minimum atomic E-state index is -0.587. The molecule has 3 aromatic rings. The third kappa shape index (κ3) is 4.16. The van der Waals surface area contributed by atoms with Gasteiger partial charge in [0.15, 0.2) is 0 Å². The first-order valence-electron chi connectivity index (χ1n) is 7.84. The molecule has 0 aliphatic carbocycles. The zero-order chi connectivity index (χ0) is 19.2. The van der Waals surface area contributed by atoms with Crippen LogP contribution in [0.2, 0.25) is 0 Å². The molecule has 0 aliphatic rings. The van der Waals surface area contributed by atoms with Gasteiger partial charge in [0.25, 0.3) is 5.56 Å². The van der Waals surface area contributed by atoms with E-state index in [9.17, 15) is 14.4 Å². The maximum atomic E-state index is 13.5. The molecule has 0 radical (unpaired) electrons. The lowest BCUT2D eigenvalue weighted by atomic mass is 10.1. The SMILES string of the molecule is COc1cc(F)cc(C=NNc2nc(-c3ccccc3)c(C#N)c(=O)[nH]2)c1. The number of methoxy groups -OCH3 is 1. The Morgan fingerprint density at radius 1 is 1.30 bits per heavy atom. The van der Waals surface area contributed by atoms with E-state index >= 15 is 0 Å². The fourth-order valence-electron chi connectivity index (χ4n) is 2.38. The fourth-order valence-corrected chi connectivity index (χ4v) is 2.38. The van der Waals surface area contributed by atoms with Crippen LogP contribution < -0.4 is 15.7 Å². The van der Waals surface area contributed by atoms with Gasteiger partial charge in [0.05, 0.1) is 19.0 Å². The lowest BCUT2D eigenvalue weighted by Crippen LogP contribution is -2.16. The van der Waals surface area contributed by atoms with Gasteiger partial charge in [-0.2, -0.15) is 10.4 Å². The van der Waals surface area contributed by atoms with Crippen molar-refractivity contribution in [1.82, 2.24) is 9.97 Å². The summed E-state index contributed by atoms with van der Waals surface area (Å²) in [6, 6.07) is 14.8. The lowest BCUT2D eigenvalue weighted by Gasteiger charge is -2.06. The molecule has 2 N–H and O–H groups in total. The molecule has 27 heavy (non-hydrogen) atoms. The average molecular weight is 363 g/mol. The Kier molecular flexibility index (Phi) is 5.23. The maximum absolute atomic E-state index is 13.5. The second kappa shape index (κ2) is 7.93. The second-order valence-electron chi connectivity index (χ2n) is 5.41. The fraction of sp³-hybridized carbons (Fsp3) is 0.0526. The Hall–Kier alpha value is -3.99. The van der Waals surface area contributed by atoms with E-state index in [1.807, 2.05) is 12.1 Å². The summed E-state index contributed by atoms with van der Waals surface area (Å²) in [6.07, 6.45) is 1.35. The number of H-pyrrole nitrogens is 1. The molecule has 0 amide bonds. The average Bonchev–Trinajstić information content (AvgIpc) is 2.68. The number of anilines is 1. The highest BCUT2D eigenvalue weighted by Gasteiger charge is 2.12. The summed E-state index contributed by atoms with van der Waals surface area (Å²) in [6.45, 7) is 0. The zero-order valence-electron chi connectivity index (χ0n) is 14.2. The van der Waals surface area contributed by atoms with E-state index in [1.54, 1.807) is 30.3 Å². The number of rotatable bonds is 5. The quantitative estimate of drug-likeness (QED) is 0.536. The first kappa shape index (κ1) is 17.8. The minimum absolute atomic E-state index is 0.0532. The van der Waals surface area contributed by atoms with Crippen molar-refractivity contribution in [2.45, 2.75) is 0 Å². The third-order valence-electron chi connectivity index (χ3n) is 3.59. The van der Waals surface area contributed by atoms with E-state index in [0.29, 0.717) is 16.9 Å². The first-order valence-corrected chi connectivity index (χ1v) is 7.84.